The molecule has 0 spiro atoms. The number of aliphatic hydroxyl groups is 3. The molecule has 23 heteroatoms. The molecule has 3 saturated heterocycles. The number of β-amino-alcohol motifs (C(OH)–C–C–N with tert-alkyl or cyclic N) is 3. The molecule has 9 fully saturated rings. The van der Waals surface area contributed by atoms with Crippen LogP contribution in [0.15, 0.2) is 146 Å². The number of hydrogen-bond donors (Lipinski definition) is 7. The van der Waals surface area contributed by atoms with Crippen molar-refractivity contribution in [2.75, 3.05) is 34.3 Å². The summed E-state index contributed by atoms with van der Waals surface area (Å²) in [4.78, 5) is 104. The SMILES string of the molecule is N#CN1C[C@H](O)C[C@@H]1C(=O)N(c1ccc(C2CC2)cc1)C(C(=O)NC1CCCCC1)c1cccnc1.N#CN1C[C@H](O)C[C@@H]1C(=O)N(c1ccc(C2CC2)cc1)C(C(=O)NC1CCCCC1)c1cccnc1.O=C(NC1CCCCC1)C(c1cccnc1)N(C(=O)[C@H]1C[C@@H](O)CN1)c1ccc(C2CC2)cc1. The molecule has 23 nitrogen and oxygen atoms in total. The number of benzene rings is 3. The molecule has 106 heavy (non-hydrogen) atoms. The minimum absolute atomic E-state index is 0.0727. The minimum atomic E-state index is -0.946. The first-order valence-corrected chi connectivity index (χ1v) is 38.7. The van der Waals surface area contributed by atoms with E-state index in [1.165, 1.54) is 94.1 Å². The molecular weight excluding hydrogens is 1340 g/mol. The average molecular weight is 1440 g/mol. The second-order valence-electron chi connectivity index (χ2n) is 30.5. The van der Waals surface area contributed by atoms with E-state index in [2.05, 4.69) is 60.7 Å². The summed E-state index contributed by atoms with van der Waals surface area (Å²) in [6, 6.07) is 29.8. The van der Waals surface area contributed by atoms with E-state index in [-0.39, 0.29) is 79.5 Å². The van der Waals surface area contributed by atoms with Gasteiger partial charge in [0.05, 0.1) is 37.4 Å². The number of pyridine rings is 3. The summed E-state index contributed by atoms with van der Waals surface area (Å²) < 4.78 is 0. The third-order valence-electron chi connectivity index (χ3n) is 22.5. The molecule has 0 radical (unpaired) electrons. The van der Waals surface area contributed by atoms with E-state index in [1.54, 1.807) is 60.3 Å². The maximum Gasteiger partial charge on any atom is 0.251 e. The van der Waals surface area contributed by atoms with Crippen molar-refractivity contribution in [1.29, 1.82) is 10.5 Å². The molecule has 9 atom stereocenters. The lowest BCUT2D eigenvalue weighted by Gasteiger charge is -2.35. The fourth-order valence-electron chi connectivity index (χ4n) is 16.3. The van der Waals surface area contributed by atoms with E-state index < -0.39 is 54.6 Å². The van der Waals surface area contributed by atoms with E-state index in [1.807, 2.05) is 78.9 Å². The fourth-order valence-corrected chi connectivity index (χ4v) is 16.3. The predicted molar refractivity (Wildman–Crippen MR) is 400 cm³/mol. The van der Waals surface area contributed by atoms with Crippen LogP contribution in [0.25, 0.3) is 0 Å². The van der Waals surface area contributed by atoms with Gasteiger partial charge in [-0.05, 0) is 173 Å². The third-order valence-corrected chi connectivity index (χ3v) is 22.5. The van der Waals surface area contributed by atoms with Gasteiger partial charge in [0.1, 0.15) is 30.2 Å². The first kappa shape index (κ1) is 74.6. The third kappa shape index (κ3) is 18.6. The average Bonchev–Trinajstić information content (AvgIpc) is 1.77. The molecule has 15 rings (SSSR count). The Bertz CT molecular complexity index is 3850. The Balaban J connectivity index is 0.000000141. The van der Waals surface area contributed by atoms with Gasteiger partial charge < -0.3 is 36.6 Å². The number of anilines is 3. The maximum atomic E-state index is 14.1. The van der Waals surface area contributed by atoms with Gasteiger partial charge in [-0.2, -0.15) is 10.5 Å². The van der Waals surface area contributed by atoms with Gasteiger partial charge in [-0.1, -0.05) is 112 Å². The minimum Gasteiger partial charge on any atom is -0.392 e. The molecule has 556 valence electrons. The Morgan fingerprint density at radius 3 is 0.991 bits per heavy atom. The highest BCUT2D eigenvalue weighted by atomic mass is 16.3. The van der Waals surface area contributed by atoms with Crippen molar-refractivity contribution in [3.05, 3.63) is 180 Å². The molecule has 0 bridgehead atoms. The van der Waals surface area contributed by atoms with Crippen molar-refractivity contribution < 1.29 is 44.1 Å². The number of rotatable bonds is 21. The molecule has 6 amide bonds. The number of hydrogen-bond acceptors (Lipinski definition) is 17. The van der Waals surface area contributed by atoms with E-state index >= 15 is 0 Å². The Morgan fingerprint density at radius 1 is 0.415 bits per heavy atom. The number of likely N-dealkylation sites (tertiary alicyclic amines) is 2. The normalized spacial score (nSPS) is 23.3. The van der Waals surface area contributed by atoms with E-state index in [9.17, 15) is 54.6 Å². The second-order valence-corrected chi connectivity index (χ2v) is 30.5. The van der Waals surface area contributed by atoms with Crippen LogP contribution in [0.3, 0.4) is 0 Å². The zero-order valence-corrected chi connectivity index (χ0v) is 60.4. The number of aliphatic hydroxyl groups excluding tert-OH is 3. The Morgan fingerprint density at radius 2 is 0.726 bits per heavy atom. The zero-order valence-electron chi connectivity index (χ0n) is 60.4. The van der Waals surface area contributed by atoms with Crippen LogP contribution in [0, 0.1) is 22.9 Å². The van der Waals surface area contributed by atoms with Crippen LogP contribution in [0.1, 0.15) is 223 Å². The first-order chi connectivity index (χ1) is 51.7. The Hall–Kier alpha value is -9.65. The molecular formula is C83H100N14O9. The van der Waals surface area contributed by atoms with E-state index in [4.69, 9.17) is 0 Å². The number of nitriles is 2. The molecule has 6 saturated carbocycles. The highest BCUT2D eigenvalue weighted by Gasteiger charge is 2.46. The number of carbonyl (C=O) groups is 6. The monoisotopic (exact) mass is 1440 g/mol. The zero-order chi connectivity index (χ0) is 73.6. The number of carbonyl (C=O) groups excluding carboxylic acids is 6. The largest absolute Gasteiger partial charge is 0.392 e. The van der Waals surface area contributed by atoms with Gasteiger partial charge in [0, 0.05) is 108 Å². The van der Waals surface area contributed by atoms with Crippen LogP contribution >= 0.6 is 0 Å². The van der Waals surface area contributed by atoms with Crippen LogP contribution in [0.4, 0.5) is 17.1 Å². The number of nitrogens with one attached hydrogen (secondary N) is 4. The number of amides is 6. The molecule has 6 aliphatic carbocycles. The summed E-state index contributed by atoms with van der Waals surface area (Å²) in [7, 11) is 0. The van der Waals surface area contributed by atoms with E-state index in [0.29, 0.717) is 64.5 Å². The van der Waals surface area contributed by atoms with Crippen LogP contribution in [0.5, 0.6) is 0 Å². The van der Waals surface area contributed by atoms with Gasteiger partial charge in [0.25, 0.3) is 11.8 Å². The lowest BCUT2D eigenvalue weighted by Crippen LogP contribution is -2.51. The van der Waals surface area contributed by atoms with Crippen molar-refractivity contribution in [1.82, 2.24) is 46.0 Å². The Kier molecular flexibility index (Phi) is 24.8. The number of nitrogens with zero attached hydrogens (tertiary/aromatic N) is 10. The smallest absolute Gasteiger partial charge is 0.251 e. The highest BCUT2D eigenvalue weighted by molar-refractivity contribution is 6.06. The summed E-state index contributed by atoms with van der Waals surface area (Å²) in [5.74, 6) is 0.0833. The summed E-state index contributed by atoms with van der Waals surface area (Å²) >= 11 is 0. The van der Waals surface area contributed by atoms with Crippen molar-refractivity contribution >= 4 is 52.5 Å². The highest BCUT2D eigenvalue weighted by Crippen LogP contribution is 2.44. The quantitative estimate of drug-likeness (QED) is 0.0330. The van der Waals surface area contributed by atoms with Gasteiger partial charge in [0.2, 0.25) is 23.6 Å². The molecule has 7 N–H and O–H groups in total. The standard InChI is InChI=1S/2C28H33N5O3.C27H34N4O3/c2*29-18-32-17-24(34)15-25(32)28(36)33(23-12-10-20(11-13-23)19-8-9-19)26(21-5-4-14-30-16-21)27(35)31-22-6-2-1-3-7-22;32-23-15-24(29-17-23)27(34)31(22-12-10-19(11-13-22)18-8-9-18)25(20-5-4-14-28-16-20)26(33)30-21-6-2-1-3-7-21/h2*4-5,10-14,16,19,22,24-26,34H,1-3,6-9,15,17H2,(H,31,35);4-5,10-14,16,18,21,23-25,29,32H,1-3,6-9,15,17H2,(H,30,33)/t2*24-,25-,26?;23-,24-,25?/m111/s1. The lowest BCUT2D eigenvalue weighted by molar-refractivity contribution is -0.128. The summed E-state index contributed by atoms with van der Waals surface area (Å²) in [5.41, 5.74) is 7.48. The van der Waals surface area contributed by atoms with Crippen LogP contribution in [-0.2, 0) is 28.8 Å². The molecule has 6 aromatic rings. The van der Waals surface area contributed by atoms with Gasteiger partial charge in [0.15, 0.2) is 12.4 Å². The topological polar surface area (TPSA) is 314 Å². The van der Waals surface area contributed by atoms with Crippen molar-refractivity contribution in [3.8, 4) is 12.4 Å². The Labute approximate surface area is 621 Å². The number of aromatic nitrogens is 3. The van der Waals surface area contributed by atoms with Crippen molar-refractivity contribution in [2.24, 2.45) is 0 Å². The fraction of sp³-hybridized carbons (Fsp3) is 0.506. The van der Waals surface area contributed by atoms with Crippen LogP contribution < -0.4 is 36.0 Å². The van der Waals surface area contributed by atoms with Gasteiger partial charge in [-0.3, -0.25) is 68.2 Å². The van der Waals surface area contributed by atoms with Crippen LogP contribution in [-0.4, -0.2) is 150 Å². The molecule has 3 aliphatic heterocycles. The summed E-state index contributed by atoms with van der Waals surface area (Å²) in [6.45, 7) is 0.580. The van der Waals surface area contributed by atoms with Crippen LogP contribution in [0.2, 0.25) is 0 Å². The predicted octanol–water partition coefficient (Wildman–Crippen LogP) is 10.0. The van der Waals surface area contributed by atoms with Gasteiger partial charge in [-0.25, -0.2) is 0 Å². The molecule has 3 aromatic heterocycles. The maximum absolute atomic E-state index is 14.1. The lowest BCUT2D eigenvalue weighted by atomic mass is 9.94. The summed E-state index contributed by atoms with van der Waals surface area (Å²) in [5, 5.41) is 62.6. The van der Waals surface area contributed by atoms with Gasteiger partial charge in [-0.15, -0.1) is 0 Å². The second kappa shape index (κ2) is 35.2. The van der Waals surface area contributed by atoms with Gasteiger partial charge >= 0.3 is 0 Å². The molecule has 3 aromatic carbocycles. The first-order valence-electron chi connectivity index (χ1n) is 38.7. The molecule has 3 unspecified atom stereocenters. The molecule has 9 aliphatic rings. The van der Waals surface area contributed by atoms with Crippen molar-refractivity contribution in [2.45, 2.75) is 245 Å². The van der Waals surface area contributed by atoms with E-state index in [0.717, 1.165) is 77.0 Å². The van der Waals surface area contributed by atoms with Crippen molar-refractivity contribution in [3.63, 3.8) is 0 Å². The molecule has 6 heterocycles. The summed E-state index contributed by atoms with van der Waals surface area (Å²) in [6.07, 6.45) is 35.2.